The van der Waals surface area contributed by atoms with Gasteiger partial charge in [-0.15, -0.1) is 0 Å². The van der Waals surface area contributed by atoms with Crippen molar-refractivity contribution in [2.24, 2.45) is 17.8 Å². The molecule has 5 N–H and O–H groups in total. The molecule has 0 radical (unpaired) electrons. The summed E-state index contributed by atoms with van der Waals surface area (Å²) in [6.45, 7) is 8.55. The molecule has 1 unspecified atom stereocenters. The number of rotatable bonds is 19. The Kier molecular flexibility index (Phi) is 15.9. The summed E-state index contributed by atoms with van der Waals surface area (Å²) >= 11 is 0. The van der Waals surface area contributed by atoms with Gasteiger partial charge in [-0.1, -0.05) is 108 Å². The van der Waals surface area contributed by atoms with Crippen LogP contribution in [0.1, 0.15) is 109 Å². The van der Waals surface area contributed by atoms with Crippen molar-refractivity contribution < 1.29 is 32.7 Å². The van der Waals surface area contributed by atoms with Gasteiger partial charge in [0.15, 0.2) is 9.84 Å². The second kappa shape index (κ2) is 20.1. The summed E-state index contributed by atoms with van der Waals surface area (Å²) in [7, 11) is -3.51. The minimum absolute atomic E-state index is 0.0195. The number of carbonyl (C=O) groups excluding carboxylic acids is 4. The van der Waals surface area contributed by atoms with Crippen LogP contribution in [0.25, 0.3) is 0 Å². The molecule has 1 heterocycles. The topological polar surface area (TPSA) is 171 Å². The van der Waals surface area contributed by atoms with Gasteiger partial charge in [0.1, 0.15) is 12.1 Å². The molecule has 1 aliphatic carbocycles. The molecule has 0 spiro atoms. The van der Waals surface area contributed by atoms with Crippen LogP contribution in [0.3, 0.4) is 0 Å². The first-order chi connectivity index (χ1) is 25.2. The molecule has 292 valence electrons. The predicted molar refractivity (Wildman–Crippen MR) is 206 cm³/mol. The van der Waals surface area contributed by atoms with E-state index in [1.165, 1.54) is 0 Å². The van der Waals surface area contributed by atoms with Gasteiger partial charge in [0.05, 0.1) is 29.2 Å². The summed E-state index contributed by atoms with van der Waals surface area (Å²) in [5.41, 5.74) is 1.40. The van der Waals surface area contributed by atoms with Gasteiger partial charge in [-0.25, -0.2) is 8.42 Å². The average Bonchev–Trinajstić information content (AvgIpc) is 3.36. The lowest BCUT2D eigenvalue weighted by molar-refractivity contribution is -0.133. The molecule has 4 rings (SSSR count). The number of amides is 4. The second-order valence-corrected chi connectivity index (χ2v) is 17.9. The molecule has 2 aromatic rings. The minimum Gasteiger partial charge on any atom is -0.390 e. The zero-order chi connectivity index (χ0) is 38.5. The van der Waals surface area contributed by atoms with Gasteiger partial charge in [0.25, 0.3) is 0 Å². The summed E-state index contributed by atoms with van der Waals surface area (Å²) < 4.78 is 25.5. The lowest BCUT2D eigenvalue weighted by atomic mass is 9.83. The number of benzene rings is 2. The fourth-order valence-corrected chi connectivity index (χ4v) is 9.39. The lowest BCUT2D eigenvalue weighted by Gasteiger charge is -2.32. The summed E-state index contributed by atoms with van der Waals surface area (Å²) in [5, 5.41) is 23.0. The average molecular weight is 753 g/mol. The van der Waals surface area contributed by atoms with E-state index in [-0.39, 0.29) is 41.7 Å². The zero-order valence-electron chi connectivity index (χ0n) is 31.8. The fraction of sp³-hybridized carbons (Fsp3) is 0.610. The molecular formula is C41H60N4O7S. The van der Waals surface area contributed by atoms with Gasteiger partial charge in [-0.05, 0) is 54.2 Å². The van der Waals surface area contributed by atoms with Gasteiger partial charge in [-0.2, -0.15) is 0 Å². The van der Waals surface area contributed by atoms with Crippen molar-refractivity contribution in [3.63, 3.8) is 0 Å². The Morgan fingerprint density at radius 3 is 2.13 bits per heavy atom. The predicted octanol–water partition coefficient (Wildman–Crippen LogP) is 4.57. The summed E-state index contributed by atoms with van der Waals surface area (Å²) in [4.78, 5) is 54.6. The third-order valence-electron chi connectivity index (χ3n) is 10.4. The molecule has 0 bridgehead atoms. The van der Waals surface area contributed by atoms with Crippen LogP contribution in [-0.2, 0) is 35.4 Å². The number of fused-ring (bicyclic) bond motifs is 1. The van der Waals surface area contributed by atoms with Crippen molar-refractivity contribution in [3.8, 4) is 0 Å². The molecule has 11 nitrogen and oxygen atoms in total. The normalized spacial score (nSPS) is 19.1. The molecule has 53 heavy (non-hydrogen) atoms. The van der Waals surface area contributed by atoms with Crippen LogP contribution in [0.2, 0.25) is 0 Å². The molecule has 0 aromatic heterocycles. The number of carbonyl (C=O) groups is 4. The van der Waals surface area contributed by atoms with Crippen LogP contribution < -0.4 is 21.3 Å². The second-order valence-electron chi connectivity index (χ2n) is 15.9. The first-order valence-corrected chi connectivity index (χ1v) is 21.1. The highest BCUT2D eigenvalue weighted by Crippen LogP contribution is 2.36. The van der Waals surface area contributed by atoms with Crippen molar-refractivity contribution in [2.75, 3.05) is 12.3 Å². The maximum absolute atomic E-state index is 14.0. The van der Waals surface area contributed by atoms with E-state index in [0.717, 1.165) is 44.1 Å². The first-order valence-electron chi connectivity index (χ1n) is 19.4. The molecule has 4 amide bonds. The summed E-state index contributed by atoms with van der Waals surface area (Å²) in [6, 6.07) is 13.2. The van der Waals surface area contributed by atoms with Crippen molar-refractivity contribution in [3.05, 3.63) is 65.7 Å². The van der Waals surface area contributed by atoms with Crippen LogP contribution in [-0.4, -0.2) is 73.7 Å². The monoisotopic (exact) mass is 752 g/mol. The minimum atomic E-state index is -3.51. The van der Waals surface area contributed by atoms with Crippen LogP contribution in [0.4, 0.5) is 0 Å². The van der Waals surface area contributed by atoms with E-state index in [9.17, 15) is 32.7 Å². The van der Waals surface area contributed by atoms with Crippen molar-refractivity contribution in [1.82, 2.24) is 21.3 Å². The quantitative estimate of drug-likeness (QED) is 0.140. The highest BCUT2D eigenvalue weighted by molar-refractivity contribution is 7.91. The lowest BCUT2D eigenvalue weighted by Crippen LogP contribution is -2.57. The van der Waals surface area contributed by atoms with E-state index in [1.54, 1.807) is 24.3 Å². The number of hydrogen-bond donors (Lipinski definition) is 5. The van der Waals surface area contributed by atoms with E-state index < -0.39 is 57.7 Å². The number of aliphatic hydroxyl groups excluding tert-OH is 1. The fourth-order valence-electron chi connectivity index (χ4n) is 7.51. The van der Waals surface area contributed by atoms with E-state index in [1.807, 2.05) is 44.2 Å². The summed E-state index contributed by atoms with van der Waals surface area (Å²) in [5.74, 6) is -1.71. The molecule has 5 atom stereocenters. The molecule has 1 aliphatic heterocycles. The highest BCUT2D eigenvalue weighted by atomic mass is 32.2. The Bertz CT molecular complexity index is 1630. The Labute approximate surface area is 315 Å². The van der Waals surface area contributed by atoms with Gasteiger partial charge >= 0.3 is 0 Å². The van der Waals surface area contributed by atoms with Crippen LogP contribution in [0.5, 0.6) is 0 Å². The number of hydrogen-bond acceptors (Lipinski definition) is 7. The molecule has 0 saturated heterocycles. The van der Waals surface area contributed by atoms with Gasteiger partial charge in [0, 0.05) is 25.3 Å². The van der Waals surface area contributed by atoms with Crippen LogP contribution in [0, 0.1) is 17.8 Å². The van der Waals surface area contributed by atoms with E-state index in [4.69, 9.17) is 0 Å². The zero-order valence-corrected chi connectivity index (χ0v) is 32.6. The third-order valence-corrected chi connectivity index (χ3v) is 12.2. The van der Waals surface area contributed by atoms with Gasteiger partial charge in [0.2, 0.25) is 23.6 Å². The van der Waals surface area contributed by atoms with E-state index in [0.29, 0.717) is 36.8 Å². The molecule has 1 saturated carbocycles. The number of nitrogens with one attached hydrogen (secondary N) is 4. The largest absolute Gasteiger partial charge is 0.390 e. The van der Waals surface area contributed by atoms with E-state index >= 15 is 0 Å². The molecular weight excluding hydrogens is 693 g/mol. The Hall–Kier alpha value is -3.77. The highest BCUT2D eigenvalue weighted by Gasteiger charge is 2.37. The smallest absolute Gasteiger partial charge is 0.243 e. The van der Waals surface area contributed by atoms with Crippen molar-refractivity contribution in [2.45, 2.75) is 133 Å². The number of sulfone groups is 1. The van der Waals surface area contributed by atoms with Gasteiger partial charge in [-0.3, -0.25) is 19.2 Å². The van der Waals surface area contributed by atoms with Crippen LogP contribution in [0.15, 0.2) is 59.5 Å². The standard InChI is InChI=1S/C41H60N4O7S/c1-27(2)19-20-42-38(47)25-36(46)33(22-29-13-7-5-8-14-29)44-40(49)34(21-28(3)4)45-41(50)35(23-30-15-9-6-10-16-30)43-39(48)24-31-26-53(51,52)37-18-12-11-17-32(31)37/h6,9-12,15-18,27-29,31,33-36,46H,5,7-8,13-14,19-26H2,1-4H3,(H,42,47)(H,43,48)(H,44,49)(H,45,50)/t31?,33-,34-,35-,36-/m0/s1. The molecule has 2 aromatic carbocycles. The Balaban J connectivity index is 1.49. The maximum atomic E-state index is 14.0. The van der Waals surface area contributed by atoms with Gasteiger partial charge < -0.3 is 26.4 Å². The Morgan fingerprint density at radius 2 is 1.45 bits per heavy atom. The van der Waals surface area contributed by atoms with E-state index in [2.05, 4.69) is 35.1 Å². The maximum Gasteiger partial charge on any atom is 0.243 e. The molecule has 1 fully saturated rings. The van der Waals surface area contributed by atoms with Crippen molar-refractivity contribution in [1.29, 1.82) is 0 Å². The van der Waals surface area contributed by atoms with Crippen molar-refractivity contribution >= 4 is 33.5 Å². The number of aliphatic hydroxyl groups is 1. The molecule has 2 aliphatic rings. The SMILES string of the molecule is CC(C)CCNC(=O)C[C@H](O)[C@H](CC1CCCCC1)NC(=O)[C@H](CC(C)C)NC(=O)[C@H](Cc1ccccc1)NC(=O)CC1CS(=O)(=O)c2ccccc21. The van der Waals surface area contributed by atoms with Crippen LogP contribution >= 0.6 is 0 Å². The Morgan fingerprint density at radius 1 is 0.792 bits per heavy atom. The molecule has 12 heteroatoms. The third kappa shape index (κ3) is 13.2. The first kappa shape index (κ1) is 42.0. The summed E-state index contributed by atoms with van der Waals surface area (Å²) in [6.07, 6.45) is 5.76.